The molecular formula is C54H34N6. The molecule has 6 heteroatoms. The zero-order chi connectivity index (χ0) is 40.3. The first-order valence-corrected chi connectivity index (χ1v) is 19.7. The van der Waals surface area contributed by atoms with Gasteiger partial charge >= 0.3 is 0 Å². The lowest BCUT2D eigenvalue weighted by Crippen LogP contribution is -2.01. The summed E-state index contributed by atoms with van der Waals surface area (Å²) in [6.07, 6.45) is 0. The third kappa shape index (κ3) is 7.08. The van der Waals surface area contributed by atoms with Gasteiger partial charge in [0.25, 0.3) is 0 Å². The van der Waals surface area contributed by atoms with Crippen molar-refractivity contribution >= 4 is 10.9 Å². The fourth-order valence-electron chi connectivity index (χ4n) is 7.62. The molecule has 0 bridgehead atoms. The average Bonchev–Trinajstić information content (AvgIpc) is 3.34. The van der Waals surface area contributed by atoms with Crippen molar-refractivity contribution in [2.75, 3.05) is 0 Å². The first-order chi connectivity index (χ1) is 29.7. The zero-order valence-corrected chi connectivity index (χ0v) is 32.3. The lowest BCUT2D eigenvalue weighted by atomic mass is 9.91. The number of nitriles is 1. The second kappa shape index (κ2) is 15.9. The Morgan fingerprint density at radius 2 is 0.783 bits per heavy atom. The van der Waals surface area contributed by atoms with Crippen LogP contribution < -0.4 is 0 Å². The quantitative estimate of drug-likeness (QED) is 0.153. The third-order valence-corrected chi connectivity index (χ3v) is 10.6. The molecule has 0 aliphatic heterocycles. The third-order valence-electron chi connectivity index (χ3n) is 10.6. The molecule has 10 aromatic rings. The standard InChI is InChI=1S/C54H34N6/c55-35-36-26-28-37(29-27-36)42-18-13-19-43(34-42)53-58-52(41-16-5-2-6-17-41)59-54(60-53)47-23-10-9-22-46(47)45-21-8-7-20-44(45)38-30-32-39(33-31-38)50-48-24-11-12-25-49(48)56-51(57-50)40-14-3-1-4-15-40/h1-34H. The molecule has 0 unspecified atom stereocenters. The Morgan fingerprint density at radius 1 is 0.300 bits per heavy atom. The predicted octanol–water partition coefficient (Wildman–Crippen LogP) is 13.0. The van der Waals surface area contributed by atoms with E-state index in [1.54, 1.807) is 0 Å². The van der Waals surface area contributed by atoms with Gasteiger partial charge < -0.3 is 0 Å². The Morgan fingerprint density at radius 3 is 1.47 bits per heavy atom. The minimum Gasteiger partial charge on any atom is -0.228 e. The highest BCUT2D eigenvalue weighted by atomic mass is 15.0. The Bertz CT molecular complexity index is 3190. The van der Waals surface area contributed by atoms with Gasteiger partial charge in [0.2, 0.25) is 0 Å². The maximum absolute atomic E-state index is 9.34. The van der Waals surface area contributed by atoms with E-state index in [4.69, 9.17) is 24.9 Å². The normalized spacial score (nSPS) is 11.0. The SMILES string of the molecule is N#Cc1ccc(-c2cccc(-c3nc(-c4ccccc4)nc(-c4ccccc4-c4ccccc4-c4ccc(-c5nc(-c6ccccc6)nc6ccccc56)cc4)n3)c2)cc1. The number of rotatable bonds is 8. The van der Waals surface area contributed by atoms with Crippen LogP contribution in [0.4, 0.5) is 0 Å². The highest BCUT2D eigenvalue weighted by molar-refractivity contribution is 5.95. The van der Waals surface area contributed by atoms with Gasteiger partial charge in [0.15, 0.2) is 23.3 Å². The molecule has 2 aromatic heterocycles. The van der Waals surface area contributed by atoms with Crippen molar-refractivity contribution in [1.82, 2.24) is 24.9 Å². The minimum atomic E-state index is 0.570. The van der Waals surface area contributed by atoms with Gasteiger partial charge in [0, 0.05) is 33.2 Å². The maximum atomic E-state index is 9.34. The first kappa shape index (κ1) is 36.0. The molecule has 0 fully saturated rings. The molecule has 10 rings (SSSR count). The van der Waals surface area contributed by atoms with Gasteiger partial charge in [-0.05, 0) is 57.6 Å². The lowest BCUT2D eigenvalue weighted by molar-refractivity contribution is 1.07. The molecule has 0 N–H and O–H groups in total. The second-order valence-electron chi connectivity index (χ2n) is 14.4. The number of para-hydroxylation sites is 1. The number of nitrogens with zero attached hydrogens (tertiary/aromatic N) is 6. The van der Waals surface area contributed by atoms with Crippen LogP contribution in [-0.2, 0) is 0 Å². The number of aromatic nitrogens is 5. The molecule has 280 valence electrons. The van der Waals surface area contributed by atoms with Crippen LogP contribution in [0.1, 0.15) is 5.56 Å². The van der Waals surface area contributed by atoms with E-state index in [-0.39, 0.29) is 0 Å². The monoisotopic (exact) mass is 766 g/mol. The Balaban J connectivity index is 1.06. The Hall–Kier alpha value is -8.40. The van der Waals surface area contributed by atoms with E-state index in [1.807, 2.05) is 121 Å². The minimum absolute atomic E-state index is 0.570. The summed E-state index contributed by atoms with van der Waals surface area (Å²) in [7, 11) is 0. The average molecular weight is 767 g/mol. The summed E-state index contributed by atoms with van der Waals surface area (Å²) in [5, 5.41) is 10.3. The van der Waals surface area contributed by atoms with Crippen LogP contribution in [0, 0.1) is 11.3 Å². The van der Waals surface area contributed by atoms with Crippen molar-refractivity contribution < 1.29 is 0 Å². The molecule has 0 radical (unpaired) electrons. The van der Waals surface area contributed by atoms with Crippen LogP contribution >= 0.6 is 0 Å². The van der Waals surface area contributed by atoms with Gasteiger partial charge in [0.1, 0.15) is 0 Å². The summed E-state index contributed by atoms with van der Waals surface area (Å²) in [6.45, 7) is 0. The number of fused-ring (bicyclic) bond motifs is 1. The molecule has 6 nitrogen and oxygen atoms in total. The summed E-state index contributed by atoms with van der Waals surface area (Å²) in [4.78, 5) is 25.3. The van der Waals surface area contributed by atoms with E-state index in [1.165, 1.54) is 0 Å². The van der Waals surface area contributed by atoms with E-state index in [0.29, 0.717) is 28.9 Å². The van der Waals surface area contributed by atoms with Gasteiger partial charge in [-0.1, -0.05) is 182 Å². The first-order valence-electron chi connectivity index (χ1n) is 19.7. The Labute approximate surface area is 347 Å². The summed E-state index contributed by atoms with van der Waals surface area (Å²) >= 11 is 0. The molecule has 8 aromatic carbocycles. The molecule has 2 heterocycles. The van der Waals surface area contributed by atoms with Gasteiger partial charge in [-0.25, -0.2) is 24.9 Å². The fourth-order valence-corrected chi connectivity index (χ4v) is 7.62. The molecule has 0 saturated carbocycles. The van der Waals surface area contributed by atoms with Gasteiger partial charge in [-0.15, -0.1) is 0 Å². The molecule has 0 spiro atoms. The molecule has 60 heavy (non-hydrogen) atoms. The van der Waals surface area contributed by atoms with Crippen LogP contribution in [0.15, 0.2) is 206 Å². The van der Waals surface area contributed by atoms with Crippen molar-refractivity contribution in [2.24, 2.45) is 0 Å². The van der Waals surface area contributed by atoms with Crippen molar-refractivity contribution in [1.29, 1.82) is 5.26 Å². The van der Waals surface area contributed by atoms with E-state index in [2.05, 4.69) is 91.0 Å². The molecule has 0 saturated heterocycles. The number of benzene rings is 8. The molecule has 0 aliphatic carbocycles. The lowest BCUT2D eigenvalue weighted by Gasteiger charge is -2.15. The maximum Gasteiger partial charge on any atom is 0.164 e. The highest BCUT2D eigenvalue weighted by Crippen LogP contribution is 2.39. The van der Waals surface area contributed by atoms with Crippen molar-refractivity contribution in [3.8, 4) is 96.3 Å². The molecule has 0 aliphatic rings. The van der Waals surface area contributed by atoms with E-state index >= 15 is 0 Å². The van der Waals surface area contributed by atoms with Crippen LogP contribution in [0.3, 0.4) is 0 Å². The molecule has 0 amide bonds. The smallest absolute Gasteiger partial charge is 0.164 e. The fraction of sp³-hybridized carbons (Fsp3) is 0. The number of hydrogen-bond acceptors (Lipinski definition) is 6. The van der Waals surface area contributed by atoms with E-state index in [0.717, 1.165) is 77.8 Å². The molecule has 0 atom stereocenters. The van der Waals surface area contributed by atoms with Crippen LogP contribution in [0.5, 0.6) is 0 Å². The summed E-state index contributed by atoms with van der Waals surface area (Å²) in [6, 6.07) is 71.7. The summed E-state index contributed by atoms with van der Waals surface area (Å²) < 4.78 is 0. The van der Waals surface area contributed by atoms with Gasteiger partial charge in [0.05, 0.1) is 22.8 Å². The zero-order valence-electron chi connectivity index (χ0n) is 32.3. The van der Waals surface area contributed by atoms with Gasteiger partial charge in [-0.2, -0.15) is 5.26 Å². The van der Waals surface area contributed by atoms with Crippen LogP contribution in [0.2, 0.25) is 0 Å². The van der Waals surface area contributed by atoms with Crippen molar-refractivity contribution in [3.63, 3.8) is 0 Å². The highest BCUT2D eigenvalue weighted by Gasteiger charge is 2.19. The summed E-state index contributed by atoms with van der Waals surface area (Å²) in [5.74, 6) is 2.44. The summed E-state index contributed by atoms with van der Waals surface area (Å²) in [5.41, 5.74) is 13.3. The predicted molar refractivity (Wildman–Crippen MR) is 241 cm³/mol. The van der Waals surface area contributed by atoms with Crippen molar-refractivity contribution in [3.05, 3.63) is 212 Å². The van der Waals surface area contributed by atoms with Crippen molar-refractivity contribution in [2.45, 2.75) is 0 Å². The number of hydrogen-bond donors (Lipinski definition) is 0. The molecular weight excluding hydrogens is 733 g/mol. The van der Waals surface area contributed by atoms with Crippen LogP contribution in [0.25, 0.3) is 101 Å². The topological polar surface area (TPSA) is 88.2 Å². The Kier molecular flexibility index (Phi) is 9.51. The van der Waals surface area contributed by atoms with E-state index < -0.39 is 0 Å². The van der Waals surface area contributed by atoms with Gasteiger partial charge in [-0.3, -0.25) is 0 Å². The van der Waals surface area contributed by atoms with Crippen LogP contribution in [-0.4, -0.2) is 24.9 Å². The second-order valence-corrected chi connectivity index (χ2v) is 14.4. The largest absolute Gasteiger partial charge is 0.228 e. The van der Waals surface area contributed by atoms with E-state index in [9.17, 15) is 5.26 Å².